The number of rotatable bonds is 17. The molecule has 1 fully saturated rings. The second kappa shape index (κ2) is 17.8. The van der Waals surface area contributed by atoms with Crippen LogP contribution in [0.4, 0.5) is 0 Å². The third-order valence-corrected chi connectivity index (χ3v) is 8.63. The van der Waals surface area contributed by atoms with Crippen LogP contribution in [-0.4, -0.2) is 62.3 Å². The lowest BCUT2D eigenvalue weighted by molar-refractivity contribution is -0.149. The summed E-state index contributed by atoms with van der Waals surface area (Å²) in [4.78, 5) is 35.6. The first kappa shape index (κ1) is 34.3. The van der Waals surface area contributed by atoms with E-state index >= 15 is 0 Å². The highest BCUT2D eigenvalue weighted by Crippen LogP contribution is 2.43. The van der Waals surface area contributed by atoms with Gasteiger partial charge in [-0.1, -0.05) is 36.4 Å². The Balaban J connectivity index is 2.15. The zero-order valence-electron chi connectivity index (χ0n) is 24.9. The number of esters is 3. The zero-order valence-corrected chi connectivity index (χ0v) is 25.8. The molecule has 2 rings (SSSR count). The van der Waals surface area contributed by atoms with Crippen LogP contribution in [0.2, 0.25) is 0 Å². The van der Waals surface area contributed by atoms with Gasteiger partial charge in [-0.05, 0) is 44.4 Å². The Bertz CT molecular complexity index is 1070. The number of hydrogen-bond donors (Lipinski definition) is 0. The summed E-state index contributed by atoms with van der Waals surface area (Å²) >= 11 is 0. The minimum atomic E-state index is -2.57. The first-order chi connectivity index (χ1) is 19.5. The summed E-state index contributed by atoms with van der Waals surface area (Å²) in [5.41, 5.74) is 0. The summed E-state index contributed by atoms with van der Waals surface area (Å²) < 4.78 is 40.2. The van der Waals surface area contributed by atoms with Crippen molar-refractivity contribution in [2.75, 3.05) is 26.0 Å². The van der Waals surface area contributed by atoms with Crippen molar-refractivity contribution in [2.24, 2.45) is 11.8 Å². The predicted octanol–water partition coefficient (Wildman–Crippen LogP) is 6.11. The van der Waals surface area contributed by atoms with Crippen LogP contribution in [-0.2, 0) is 37.7 Å². The van der Waals surface area contributed by atoms with Crippen molar-refractivity contribution in [1.82, 2.24) is 0 Å². The fourth-order valence-electron chi connectivity index (χ4n) is 5.02. The number of carbonyl (C=O) groups excluding carboxylic acids is 3. The first-order valence-corrected chi connectivity index (χ1v) is 16.5. The molecule has 0 radical (unpaired) electrons. The highest BCUT2D eigenvalue weighted by Gasteiger charge is 2.45. The van der Waals surface area contributed by atoms with Crippen molar-refractivity contribution in [3.05, 3.63) is 54.6 Å². The normalized spacial score (nSPS) is 22.8. The Morgan fingerprint density at radius 3 is 2.32 bits per heavy atom. The third-order valence-electron chi connectivity index (χ3n) is 6.69. The summed E-state index contributed by atoms with van der Waals surface area (Å²) in [5, 5.41) is 0. The maximum Gasteiger partial charge on any atom is 0.303 e. The molecule has 1 unspecified atom stereocenters. The van der Waals surface area contributed by atoms with E-state index < -0.39 is 43.6 Å². The lowest BCUT2D eigenvalue weighted by atomic mass is 9.89. The van der Waals surface area contributed by atoms with Gasteiger partial charge in [-0.3, -0.25) is 18.9 Å². The topological polar surface area (TPSA) is 114 Å². The molecule has 6 atom stereocenters. The van der Waals surface area contributed by atoms with E-state index in [2.05, 4.69) is 0 Å². The molecular formula is C31H45O9P. The van der Waals surface area contributed by atoms with Crippen molar-refractivity contribution in [1.29, 1.82) is 0 Å². The van der Waals surface area contributed by atoms with Gasteiger partial charge in [0.2, 0.25) is 0 Å². The van der Waals surface area contributed by atoms with E-state index in [0.29, 0.717) is 38.6 Å². The monoisotopic (exact) mass is 592 g/mol. The number of para-hydroxylation sites is 1. The largest absolute Gasteiger partial charge is 0.493 e. The molecule has 1 aliphatic rings. The molecule has 0 heterocycles. The summed E-state index contributed by atoms with van der Waals surface area (Å²) in [5.74, 6) is -0.942. The van der Waals surface area contributed by atoms with E-state index in [4.69, 9.17) is 23.5 Å². The summed E-state index contributed by atoms with van der Waals surface area (Å²) in [6.07, 6.45) is 9.62. The van der Waals surface area contributed by atoms with Gasteiger partial charge in [0, 0.05) is 58.3 Å². The van der Waals surface area contributed by atoms with Gasteiger partial charge < -0.3 is 23.5 Å². The van der Waals surface area contributed by atoms with E-state index in [0.717, 1.165) is 18.6 Å². The summed E-state index contributed by atoms with van der Waals surface area (Å²) in [6.45, 7) is 8.32. The van der Waals surface area contributed by atoms with Crippen molar-refractivity contribution in [3.63, 3.8) is 0 Å². The maximum atomic E-state index is 12.3. The van der Waals surface area contributed by atoms with Gasteiger partial charge in [-0.25, -0.2) is 0 Å². The number of allylic oxidation sites excluding steroid dienone is 2. The van der Waals surface area contributed by atoms with Crippen molar-refractivity contribution < 1.29 is 42.4 Å². The van der Waals surface area contributed by atoms with Gasteiger partial charge in [-0.2, -0.15) is 0 Å². The van der Waals surface area contributed by atoms with Crippen LogP contribution in [0.15, 0.2) is 54.6 Å². The van der Waals surface area contributed by atoms with E-state index in [-0.39, 0.29) is 11.8 Å². The maximum absolute atomic E-state index is 12.3. The fraction of sp³-hybridized carbons (Fsp3) is 0.581. The van der Waals surface area contributed by atoms with Crippen LogP contribution in [0.1, 0.15) is 59.8 Å². The van der Waals surface area contributed by atoms with Crippen LogP contribution >= 0.6 is 7.37 Å². The van der Waals surface area contributed by atoms with Crippen molar-refractivity contribution in [3.8, 4) is 5.75 Å². The van der Waals surface area contributed by atoms with Gasteiger partial charge in [-0.15, -0.1) is 0 Å². The molecule has 0 spiro atoms. The standard InChI is InChI=1S/C31H45O9P/c1-6-37-41(5,35)21-13-8-7-12-16-28-29(31(40-25(4)34)22-30(28)39-24(3)33)18-17-27(38-23(2)32)19-20-36-26-14-10-9-11-15-26/h7,9-12,14-15,17-18,27-31H,6,8,13,16,19-22H2,1-5H3/b12-7-,18-17+/t27-,28-,29-,30+,31-,41?/m1/s1. The van der Waals surface area contributed by atoms with Crippen LogP contribution in [0.3, 0.4) is 0 Å². The van der Waals surface area contributed by atoms with E-state index in [1.54, 1.807) is 12.7 Å². The van der Waals surface area contributed by atoms with E-state index in [1.165, 1.54) is 20.8 Å². The van der Waals surface area contributed by atoms with Gasteiger partial charge in [0.15, 0.2) is 7.37 Å². The first-order valence-electron chi connectivity index (χ1n) is 14.2. The summed E-state index contributed by atoms with van der Waals surface area (Å²) in [7, 11) is -2.57. The smallest absolute Gasteiger partial charge is 0.303 e. The molecule has 1 aliphatic carbocycles. The predicted molar refractivity (Wildman–Crippen MR) is 157 cm³/mol. The zero-order chi connectivity index (χ0) is 30.3. The van der Waals surface area contributed by atoms with Crippen molar-refractivity contribution >= 4 is 25.3 Å². The molecule has 1 saturated carbocycles. The molecular weight excluding hydrogens is 547 g/mol. The highest BCUT2D eigenvalue weighted by atomic mass is 31.2. The molecule has 10 heteroatoms. The minimum Gasteiger partial charge on any atom is -0.493 e. The third kappa shape index (κ3) is 13.5. The Morgan fingerprint density at radius 1 is 1.00 bits per heavy atom. The van der Waals surface area contributed by atoms with Crippen LogP contribution in [0, 0.1) is 11.8 Å². The molecule has 0 bridgehead atoms. The van der Waals surface area contributed by atoms with E-state index in [9.17, 15) is 18.9 Å². The number of ether oxygens (including phenoxy) is 4. The second-order valence-electron chi connectivity index (χ2n) is 10.3. The van der Waals surface area contributed by atoms with Gasteiger partial charge in [0.05, 0.1) is 13.2 Å². The Hall–Kier alpha value is -2.90. The number of carbonyl (C=O) groups is 3. The molecule has 9 nitrogen and oxygen atoms in total. The number of hydrogen-bond acceptors (Lipinski definition) is 9. The average Bonchev–Trinajstić information content (AvgIpc) is 3.18. The molecule has 0 amide bonds. The quantitative estimate of drug-likeness (QED) is 0.0694. The molecule has 228 valence electrons. The lowest BCUT2D eigenvalue weighted by Gasteiger charge is -2.23. The summed E-state index contributed by atoms with van der Waals surface area (Å²) in [6, 6.07) is 9.37. The molecule has 0 saturated heterocycles. The van der Waals surface area contributed by atoms with Gasteiger partial charge in [0.1, 0.15) is 24.1 Å². The molecule has 0 aliphatic heterocycles. The highest BCUT2D eigenvalue weighted by molar-refractivity contribution is 7.58. The van der Waals surface area contributed by atoms with Crippen molar-refractivity contribution in [2.45, 2.75) is 78.1 Å². The molecule has 0 N–H and O–H groups in total. The Kier molecular flexibility index (Phi) is 14.9. The number of unbranched alkanes of at least 4 members (excludes halogenated alkanes) is 1. The number of benzene rings is 1. The SMILES string of the molecule is CCOP(C)(=O)CCC/C=C\C[C@@H]1[C@@H](/C=C/[C@H](CCOc2ccccc2)OC(C)=O)[C@H](OC(C)=O)C[C@@H]1OC(C)=O. The lowest BCUT2D eigenvalue weighted by Crippen LogP contribution is -2.25. The molecule has 0 aromatic heterocycles. The van der Waals surface area contributed by atoms with Gasteiger partial charge in [0.25, 0.3) is 0 Å². The van der Waals surface area contributed by atoms with Gasteiger partial charge >= 0.3 is 17.9 Å². The molecule has 1 aromatic rings. The van der Waals surface area contributed by atoms with Crippen LogP contribution < -0.4 is 4.74 Å². The second-order valence-corrected chi connectivity index (χ2v) is 13.0. The van der Waals surface area contributed by atoms with Crippen LogP contribution in [0.5, 0.6) is 5.75 Å². The van der Waals surface area contributed by atoms with Crippen LogP contribution in [0.25, 0.3) is 0 Å². The minimum absolute atomic E-state index is 0.157. The Labute approximate surface area is 244 Å². The Morgan fingerprint density at radius 2 is 1.68 bits per heavy atom. The average molecular weight is 593 g/mol. The molecule has 41 heavy (non-hydrogen) atoms. The molecule has 1 aromatic carbocycles. The van der Waals surface area contributed by atoms with E-state index in [1.807, 2.05) is 55.5 Å². The fourth-order valence-corrected chi connectivity index (χ4v) is 6.46.